The number of nitrogens with two attached hydrogens (primary N) is 1. The number of allylic oxidation sites excluding steroid dienone is 1. The molecular weight excluding hydrogens is 170 g/mol. The third-order valence-electron chi connectivity index (χ3n) is 2.82. The zero-order valence-corrected chi connectivity index (χ0v) is 8.86. The number of halogens is 1. The van der Waals surface area contributed by atoms with Crippen molar-refractivity contribution < 1.29 is 0 Å². The van der Waals surface area contributed by atoms with Crippen LogP contribution < -0.4 is 5.73 Å². The van der Waals surface area contributed by atoms with Gasteiger partial charge < -0.3 is 5.73 Å². The Balaban J connectivity index is 2.65. The smallest absolute Gasteiger partial charge is 0.0422 e. The Morgan fingerprint density at radius 2 is 2.17 bits per heavy atom. The Hall–Kier alpha value is -0.0100. The Morgan fingerprint density at radius 3 is 2.58 bits per heavy atom. The molecule has 0 bridgehead atoms. The van der Waals surface area contributed by atoms with Gasteiger partial charge in [-0.15, -0.1) is 11.6 Å². The van der Waals surface area contributed by atoms with Gasteiger partial charge in [0, 0.05) is 10.9 Å². The number of rotatable bonds is 1. The van der Waals surface area contributed by atoms with E-state index in [0.29, 0.717) is 5.92 Å². The highest BCUT2D eigenvalue weighted by Crippen LogP contribution is 2.35. The van der Waals surface area contributed by atoms with Gasteiger partial charge >= 0.3 is 0 Å². The zero-order valence-electron chi connectivity index (χ0n) is 8.10. The summed E-state index contributed by atoms with van der Waals surface area (Å²) < 4.78 is 0. The minimum atomic E-state index is -0.116. The molecule has 0 heterocycles. The van der Waals surface area contributed by atoms with E-state index in [2.05, 4.69) is 26.8 Å². The molecule has 0 aromatic carbocycles. The second-order valence-electron chi connectivity index (χ2n) is 4.29. The average Bonchev–Trinajstić information content (AvgIpc) is 1.92. The lowest BCUT2D eigenvalue weighted by molar-refractivity contribution is 0.356. The van der Waals surface area contributed by atoms with Gasteiger partial charge in [-0.2, -0.15) is 0 Å². The summed E-state index contributed by atoms with van der Waals surface area (Å²) in [5.41, 5.74) is 7.25. The highest BCUT2D eigenvalue weighted by atomic mass is 35.5. The molecule has 2 unspecified atom stereocenters. The monoisotopic (exact) mass is 187 g/mol. The molecule has 0 saturated heterocycles. The van der Waals surface area contributed by atoms with Gasteiger partial charge in [0.05, 0.1) is 0 Å². The molecule has 70 valence electrons. The quantitative estimate of drug-likeness (QED) is 0.496. The van der Waals surface area contributed by atoms with Gasteiger partial charge in [0.15, 0.2) is 0 Å². The summed E-state index contributed by atoms with van der Waals surface area (Å²) in [6.07, 6.45) is 4.33. The Labute approximate surface area is 80.0 Å². The molecule has 2 atom stereocenters. The maximum absolute atomic E-state index is 6.24. The van der Waals surface area contributed by atoms with Gasteiger partial charge in [-0.05, 0) is 39.5 Å². The first kappa shape index (κ1) is 10.1. The molecule has 0 aromatic heterocycles. The first-order valence-corrected chi connectivity index (χ1v) is 4.90. The lowest BCUT2D eigenvalue weighted by Gasteiger charge is -2.33. The third kappa shape index (κ3) is 2.24. The van der Waals surface area contributed by atoms with Crippen molar-refractivity contribution >= 4 is 11.6 Å². The summed E-state index contributed by atoms with van der Waals surface area (Å²) in [5, 5.41) is 0. The van der Waals surface area contributed by atoms with E-state index in [1.165, 1.54) is 5.57 Å². The van der Waals surface area contributed by atoms with Crippen LogP contribution in [0.3, 0.4) is 0 Å². The molecule has 0 spiro atoms. The lowest BCUT2D eigenvalue weighted by Crippen LogP contribution is -2.35. The highest BCUT2D eigenvalue weighted by molar-refractivity contribution is 6.23. The van der Waals surface area contributed by atoms with Gasteiger partial charge in [0.25, 0.3) is 0 Å². The maximum Gasteiger partial charge on any atom is 0.0422 e. The summed E-state index contributed by atoms with van der Waals surface area (Å²) in [7, 11) is 0. The largest absolute Gasteiger partial charge is 0.324 e. The van der Waals surface area contributed by atoms with Crippen LogP contribution in [0.25, 0.3) is 0 Å². The van der Waals surface area contributed by atoms with Crippen molar-refractivity contribution in [2.45, 2.75) is 44.5 Å². The fraction of sp³-hybridized carbons (Fsp3) is 0.800. The van der Waals surface area contributed by atoms with Gasteiger partial charge in [0.1, 0.15) is 0 Å². The Kier molecular flexibility index (Phi) is 2.84. The highest BCUT2D eigenvalue weighted by Gasteiger charge is 2.30. The molecule has 1 aliphatic carbocycles. The normalized spacial score (nSPS) is 31.6. The summed E-state index contributed by atoms with van der Waals surface area (Å²) in [5.74, 6) is 0.526. The van der Waals surface area contributed by atoms with Gasteiger partial charge in [-0.3, -0.25) is 0 Å². The predicted octanol–water partition coefficient (Wildman–Crippen LogP) is 2.69. The zero-order chi connectivity index (χ0) is 9.35. The van der Waals surface area contributed by atoms with E-state index in [0.717, 1.165) is 12.8 Å². The van der Waals surface area contributed by atoms with Gasteiger partial charge in [-0.1, -0.05) is 11.6 Å². The molecule has 0 aliphatic heterocycles. The van der Waals surface area contributed by atoms with Crippen molar-refractivity contribution in [1.29, 1.82) is 0 Å². The van der Waals surface area contributed by atoms with Crippen molar-refractivity contribution in [1.82, 2.24) is 0 Å². The van der Waals surface area contributed by atoms with Gasteiger partial charge in [0.2, 0.25) is 0 Å². The van der Waals surface area contributed by atoms with Crippen molar-refractivity contribution in [3.63, 3.8) is 0 Å². The summed E-state index contributed by atoms with van der Waals surface area (Å²) in [6.45, 7) is 6.24. The van der Waals surface area contributed by atoms with Crippen molar-refractivity contribution in [2.75, 3.05) is 0 Å². The minimum absolute atomic E-state index is 0.116. The van der Waals surface area contributed by atoms with Crippen LogP contribution >= 0.6 is 11.6 Å². The molecule has 0 radical (unpaired) electrons. The van der Waals surface area contributed by atoms with E-state index in [4.69, 9.17) is 17.3 Å². The lowest BCUT2D eigenvalue weighted by atomic mass is 9.80. The molecule has 1 nitrogen and oxygen atoms in total. The van der Waals surface area contributed by atoms with Crippen LogP contribution in [0.2, 0.25) is 0 Å². The molecule has 1 rings (SSSR count). The molecule has 2 N–H and O–H groups in total. The topological polar surface area (TPSA) is 26.0 Å². The standard InChI is InChI=1S/C10H18ClN/c1-7-4-5-8(6-9(7)12)10(2,3)11/h4,8-9H,5-6,12H2,1-3H3. The second-order valence-corrected chi connectivity index (χ2v) is 5.26. The molecule has 0 amide bonds. The van der Waals surface area contributed by atoms with Crippen molar-refractivity contribution in [3.05, 3.63) is 11.6 Å². The first-order valence-electron chi connectivity index (χ1n) is 4.52. The third-order valence-corrected chi connectivity index (χ3v) is 3.13. The van der Waals surface area contributed by atoms with Crippen LogP contribution in [-0.4, -0.2) is 10.9 Å². The number of alkyl halides is 1. The number of hydrogen-bond acceptors (Lipinski definition) is 1. The fourth-order valence-corrected chi connectivity index (χ4v) is 1.81. The minimum Gasteiger partial charge on any atom is -0.324 e. The van der Waals surface area contributed by atoms with E-state index in [1.54, 1.807) is 0 Å². The molecule has 12 heavy (non-hydrogen) atoms. The van der Waals surface area contributed by atoms with Crippen molar-refractivity contribution in [3.8, 4) is 0 Å². The summed E-state index contributed by atoms with van der Waals surface area (Å²) in [4.78, 5) is -0.116. The van der Waals surface area contributed by atoms with Crippen LogP contribution in [-0.2, 0) is 0 Å². The summed E-state index contributed by atoms with van der Waals surface area (Å²) in [6, 6.07) is 0.224. The Bertz CT molecular complexity index is 191. The summed E-state index contributed by atoms with van der Waals surface area (Å²) >= 11 is 6.24. The van der Waals surface area contributed by atoms with E-state index >= 15 is 0 Å². The predicted molar refractivity (Wildman–Crippen MR) is 54.4 cm³/mol. The van der Waals surface area contributed by atoms with Crippen LogP contribution in [0.15, 0.2) is 11.6 Å². The average molecular weight is 188 g/mol. The maximum atomic E-state index is 6.24. The van der Waals surface area contributed by atoms with E-state index in [-0.39, 0.29) is 10.9 Å². The molecule has 0 saturated carbocycles. The van der Waals surface area contributed by atoms with E-state index < -0.39 is 0 Å². The SMILES string of the molecule is CC1=CCC(C(C)(C)Cl)CC1N. The van der Waals surface area contributed by atoms with Crippen LogP contribution in [0.1, 0.15) is 33.6 Å². The molecule has 0 aromatic rings. The van der Waals surface area contributed by atoms with Crippen LogP contribution in [0.4, 0.5) is 0 Å². The molecule has 2 heteroatoms. The molecule has 1 aliphatic rings. The fourth-order valence-electron chi connectivity index (χ4n) is 1.63. The Morgan fingerprint density at radius 1 is 1.58 bits per heavy atom. The van der Waals surface area contributed by atoms with E-state index in [9.17, 15) is 0 Å². The van der Waals surface area contributed by atoms with Crippen molar-refractivity contribution in [2.24, 2.45) is 11.7 Å². The van der Waals surface area contributed by atoms with Gasteiger partial charge in [-0.25, -0.2) is 0 Å². The molecular formula is C10H18ClN. The number of hydrogen-bond donors (Lipinski definition) is 1. The molecule has 0 fully saturated rings. The van der Waals surface area contributed by atoms with Crippen LogP contribution in [0, 0.1) is 5.92 Å². The second kappa shape index (κ2) is 3.39. The van der Waals surface area contributed by atoms with Crippen LogP contribution in [0.5, 0.6) is 0 Å². The first-order chi connectivity index (χ1) is 5.41. The van der Waals surface area contributed by atoms with E-state index in [1.807, 2.05) is 0 Å².